The molecule has 2 aromatic heterocycles. The summed E-state index contributed by atoms with van der Waals surface area (Å²) in [6, 6.07) is 14.9. The first kappa shape index (κ1) is 43.6. The van der Waals surface area contributed by atoms with Gasteiger partial charge in [0.15, 0.2) is 5.82 Å². The van der Waals surface area contributed by atoms with Gasteiger partial charge in [0.25, 0.3) is 11.8 Å². The van der Waals surface area contributed by atoms with Crippen LogP contribution in [0.5, 0.6) is 5.75 Å². The molecule has 0 aliphatic carbocycles. The number of benzene rings is 3. The lowest BCUT2D eigenvalue weighted by Gasteiger charge is -2.36. The number of carbonyl (C=O) groups is 5. The first-order valence-corrected chi connectivity index (χ1v) is 22.7. The van der Waals surface area contributed by atoms with E-state index in [2.05, 4.69) is 25.1 Å². The van der Waals surface area contributed by atoms with Crippen LogP contribution in [0.2, 0.25) is 0 Å². The van der Waals surface area contributed by atoms with Gasteiger partial charge in [0.2, 0.25) is 17.6 Å². The van der Waals surface area contributed by atoms with Gasteiger partial charge in [-0.2, -0.15) is 12.7 Å². The summed E-state index contributed by atoms with van der Waals surface area (Å²) in [4.78, 5) is 76.6. The molecule has 4 aliphatic heterocycles. The highest BCUT2D eigenvalue weighted by atomic mass is 32.2. The highest BCUT2D eigenvalue weighted by Gasteiger charge is 2.45. The molecule has 0 saturated carbocycles. The number of hydrogen-bond donors (Lipinski definition) is 3. The molecule has 20 heteroatoms. The molecule has 0 bridgehead atoms. The van der Waals surface area contributed by atoms with E-state index in [1.165, 1.54) is 18.3 Å². The van der Waals surface area contributed by atoms with Crippen LogP contribution in [-0.2, 0) is 19.8 Å². The summed E-state index contributed by atoms with van der Waals surface area (Å²) in [6.45, 7) is 4.11. The number of amides is 4. The van der Waals surface area contributed by atoms with Crippen molar-refractivity contribution in [3.63, 3.8) is 0 Å². The molecule has 65 heavy (non-hydrogen) atoms. The Morgan fingerprint density at radius 1 is 0.877 bits per heavy atom. The molecule has 3 N–H and O–H groups in total. The van der Waals surface area contributed by atoms with Crippen molar-refractivity contribution in [2.75, 3.05) is 62.0 Å². The van der Waals surface area contributed by atoms with Crippen molar-refractivity contribution in [1.29, 1.82) is 0 Å². The molecule has 4 amide bonds. The summed E-state index contributed by atoms with van der Waals surface area (Å²) in [7, 11) is -4.36. The van der Waals surface area contributed by atoms with Crippen LogP contribution in [0.4, 0.5) is 24.5 Å². The number of alkyl halides is 1. The van der Waals surface area contributed by atoms with Gasteiger partial charge in [0.05, 0.1) is 29.0 Å². The van der Waals surface area contributed by atoms with Crippen molar-refractivity contribution in [3.05, 3.63) is 107 Å². The van der Waals surface area contributed by atoms with Crippen LogP contribution in [0, 0.1) is 11.6 Å². The number of nitrogens with one attached hydrogen (secondary N) is 3. The monoisotopic (exact) mass is 912 g/mol. The summed E-state index contributed by atoms with van der Waals surface area (Å²) in [6.07, 6.45) is 3.34. The summed E-state index contributed by atoms with van der Waals surface area (Å²) >= 11 is 0. The molecule has 16 nitrogen and oxygen atoms in total. The maximum Gasteiger partial charge on any atom is 0.301 e. The van der Waals surface area contributed by atoms with E-state index in [1.54, 1.807) is 18.3 Å². The van der Waals surface area contributed by atoms with Gasteiger partial charge in [-0.1, -0.05) is 12.1 Å². The van der Waals surface area contributed by atoms with Crippen LogP contribution in [0.25, 0.3) is 22.2 Å². The van der Waals surface area contributed by atoms with E-state index in [-0.39, 0.29) is 42.5 Å². The standard InChI is InChI=1S/C45H43F3N8O8S/c46-28-13-15-55(25-28)65(62,63)52-36-10-9-35(47)39(40(36)48)41(58)34-24-50-42-32(34)21-27(23-49-42)26-3-5-29(6-4-26)54-18-16-53(17-19-54)14-1-2-20-64-30-7-8-31-33(22-30)45(61)56(44(31)60)37-11-12-38(57)51-43(37)59/h3-10,21-24,28,37,52H,1-2,11-20,25H2,(H,49,50)(H,51,57,59)/t28-,37?/m1/s1. The van der Waals surface area contributed by atoms with Crippen LogP contribution in [0.3, 0.4) is 0 Å². The third-order valence-electron chi connectivity index (χ3n) is 12.3. The number of fused-ring (bicyclic) bond motifs is 2. The number of imide groups is 2. The van der Waals surface area contributed by atoms with E-state index < -0.39 is 81.3 Å². The predicted molar refractivity (Wildman–Crippen MR) is 231 cm³/mol. The van der Waals surface area contributed by atoms with Crippen LogP contribution in [-0.4, -0.2) is 127 Å². The molecule has 3 fully saturated rings. The Kier molecular flexibility index (Phi) is 11.9. The smallest absolute Gasteiger partial charge is 0.301 e. The van der Waals surface area contributed by atoms with Gasteiger partial charge in [0.1, 0.15) is 29.4 Å². The van der Waals surface area contributed by atoms with Crippen molar-refractivity contribution in [1.82, 2.24) is 29.4 Å². The number of piperazine rings is 1. The van der Waals surface area contributed by atoms with Gasteiger partial charge in [-0.15, -0.1) is 0 Å². The summed E-state index contributed by atoms with van der Waals surface area (Å²) in [5.74, 6) is -5.38. The maximum absolute atomic E-state index is 15.7. The Balaban J connectivity index is 0.763. The lowest BCUT2D eigenvalue weighted by atomic mass is 9.99. The van der Waals surface area contributed by atoms with Gasteiger partial charge >= 0.3 is 10.2 Å². The molecule has 0 spiro atoms. The largest absolute Gasteiger partial charge is 0.494 e. The Bertz CT molecular complexity index is 2850. The van der Waals surface area contributed by atoms with Crippen LogP contribution in [0.1, 0.15) is 68.7 Å². The highest BCUT2D eigenvalue weighted by molar-refractivity contribution is 7.90. The number of hydrogen-bond acceptors (Lipinski definition) is 11. The minimum absolute atomic E-state index is 0.00501. The van der Waals surface area contributed by atoms with Gasteiger partial charge in [-0.3, -0.25) is 43.8 Å². The first-order chi connectivity index (χ1) is 31.3. The minimum atomic E-state index is -4.36. The molecule has 4 aliphatic rings. The zero-order valence-corrected chi connectivity index (χ0v) is 35.6. The number of H-pyrrole nitrogens is 1. The Hall–Kier alpha value is -6.64. The van der Waals surface area contributed by atoms with Gasteiger partial charge in [-0.05, 0) is 86.3 Å². The fraction of sp³-hybridized carbons (Fsp3) is 0.333. The quantitative estimate of drug-likeness (QED) is 0.0786. The second-order valence-electron chi connectivity index (χ2n) is 16.4. The molecule has 6 heterocycles. The number of carbonyl (C=O) groups excluding carboxylic acids is 5. The predicted octanol–water partition coefficient (Wildman–Crippen LogP) is 4.82. The van der Waals surface area contributed by atoms with Gasteiger partial charge in [-0.25, -0.2) is 18.2 Å². The normalized spacial score (nSPS) is 19.6. The third kappa shape index (κ3) is 8.67. The van der Waals surface area contributed by atoms with E-state index in [9.17, 15) is 36.8 Å². The Morgan fingerprint density at radius 2 is 1.65 bits per heavy atom. The van der Waals surface area contributed by atoms with Crippen molar-refractivity contribution in [2.45, 2.75) is 44.3 Å². The number of unbranched alkanes of at least 4 members (excludes halogenated alkanes) is 1. The fourth-order valence-electron chi connectivity index (χ4n) is 8.69. The van der Waals surface area contributed by atoms with Crippen molar-refractivity contribution in [3.8, 4) is 16.9 Å². The second-order valence-corrected chi connectivity index (χ2v) is 18.0. The lowest BCUT2D eigenvalue weighted by Crippen LogP contribution is -2.54. The number of pyridine rings is 1. The molecule has 3 saturated heterocycles. The number of ketones is 1. The molecule has 9 rings (SSSR count). The first-order valence-electron chi connectivity index (χ1n) is 21.2. The van der Waals surface area contributed by atoms with E-state index >= 15 is 8.78 Å². The van der Waals surface area contributed by atoms with E-state index in [0.717, 1.165) is 78.2 Å². The second kappa shape index (κ2) is 17.7. The molecule has 338 valence electrons. The molecule has 5 aromatic rings. The molecule has 3 aromatic carbocycles. The maximum atomic E-state index is 15.7. The SMILES string of the molecule is O=C1CCC(N2C(=O)c3ccc(OCCCCN4CCN(c5ccc(-c6cnc7[nH]cc(C(=O)c8c(F)ccc(NS(=O)(=O)N9CC[C@@H](F)C9)c8F)c7c6)cc5)CC4)cc3C2=O)C(=O)N1. The number of aromatic nitrogens is 2. The average Bonchev–Trinajstić information content (AvgIpc) is 4.00. The minimum Gasteiger partial charge on any atom is -0.494 e. The number of nitrogens with zero attached hydrogens (tertiary/aromatic N) is 5. The molecular formula is C45H43F3N8O8S. The zero-order chi connectivity index (χ0) is 45.6. The van der Waals surface area contributed by atoms with Crippen molar-refractivity contribution >= 4 is 62.0 Å². The van der Waals surface area contributed by atoms with E-state index in [4.69, 9.17) is 4.74 Å². The summed E-state index contributed by atoms with van der Waals surface area (Å²) in [5.41, 5.74) is 1.50. The number of aromatic amines is 1. The highest BCUT2D eigenvalue weighted by Crippen LogP contribution is 2.33. The number of piperidine rings is 1. The fourth-order valence-corrected chi connectivity index (χ4v) is 9.96. The molecular weight excluding hydrogens is 870 g/mol. The van der Waals surface area contributed by atoms with Crippen LogP contribution >= 0.6 is 0 Å². The van der Waals surface area contributed by atoms with E-state index in [1.807, 2.05) is 29.0 Å². The van der Waals surface area contributed by atoms with Crippen molar-refractivity contribution in [2.24, 2.45) is 0 Å². The Labute approximate surface area is 370 Å². The molecule has 0 radical (unpaired) electrons. The van der Waals surface area contributed by atoms with Crippen molar-refractivity contribution < 1.29 is 50.3 Å². The lowest BCUT2D eigenvalue weighted by molar-refractivity contribution is -0.136. The van der Waals surface area contributed by atoms with Crippen LogP contribution < -0.4 is 19.7 Å². The molecule has 1 unspecified atom stereocenters. The number of anilines is 2. The molecule has 2 atom stereocenters. The number of halogens is 3. The summed E-state index contributed by atoms with van der Waals surface area (Å²) < 4.78 is 78.9. The van der Waals surface area contributed by atoms with E-state index in [0.29, 0.717) is 29.0 Å². The third-order valence-corrected chi connectivity index (χ3v) is 13.7. The Morgan fingerprint density at radius 3 is 2.38 bits per heavy atom. The number of ether oxygens (including phenoxy) is 1. The summed E-state index contributed by atoms with van der Waals surface area (Å²) in [5, 5.41) is 2.51. The topological polar surface area (TPSA) is 194 Å². The van der Waals surface area contributed by atoms with Gasteiger partial charge < -0.3 is 14.6 Å². The van der Waals surface area contributed by atoms with Crippen LogP contribution in [0.15, 0.2) is 73.1 Å². The average molecular weight is 913 g/mol. The number of rotatable bonds is 14. The zero-order valence-electron chi connectivity index (χ0n) is 34.8. The van der Waals surface area contributed by atoms with Gasteiger partial charge in [0, 0.05) is 80.3 Å².